The quantitative estimate of drug-likeness (QED) is 0.737. The normalized spacial score (nSPS) is 12.2. The van der Waals surface area contributed by atoms with Crippen molar-refractivity contribution >= 4 is 12.0 Å². The Morgan fingerprint density at radius 1 is 1.09 bits per heavy atom. The van der Waals surface area contributed by atoms with Gasteiger partial charge in [0, 0.05) is 24.7 Å². The predicted octanol–water partition coefficient (Wildman–Crippen LogP) is 2.14. The van der Waals surface area contributed by atoms with Gasteiger partial charge < -0.3 is 20.3 Å². The number of nitrogens with one attached hydrogen (secondary N) is 2. The fourth-order valence-corrected chi connectivity index (χ4v) is 1.78. The molecule has 0 radical (unpaired) electrons. The molecule has 0 aliphatic carbocycles. The first-order valence-electron chi connectivity index (χ1n) is 7.83. The second-order valence-electron chi connectivity index (χ2n) is 7.70. The number of carbonyl (C=O) groups is 2. The minimum atomic E-state index is -0.523. The van der Waals surface area contributed by atoms with Crippen LogP contribution in [0, 0.1) is 0 Å². The fraction of sp³-hybridized carbons (Fsp3) is 0.875. The zero-order chi connectivity index (χ0) is 17.6. The van der Waals surface area contributed by atoms with Crippen molar-refractivity contribution in [2.45, 2.75) is 72.6 Å². The Labute approximate surface area is 135 Å². The molecule has 130 valence electrons. The van der Waals surface area contributed by atoms with Crippen LogP contribution < -0.4 is 10.6 Å². The van der Waals surface area contributed by atoms with E-state index in [0.717, 1.165) is 0 Å². The SMILES string of the molecule is CC(C)NC(=O)CNCCN(C(=O)OC(C)(C)C)C(C)(C)C. The molecule has 0 aliphatic heterocycles. The zero-order valence-corrected chi connectivity index (χ0v) is 15.4. The molecule has 0 atom stereocenters. The van der Waals surface area contributed by atoms with Gasteiger partial charge in [0.05, 0.1) is 6.54 Å². The van der Waals surface area contributed by atoms with Crippen LogP contribution in [0.2, 0.25) is 0 Å². The third kappa shape index (κ3) is 9.60. The van der Waals surface area contributed by atoms with Gasteiger partial charge in [-0.2, -0.15) is 0 Å². The number of hydrogen-bond acceptors (Lipinski definition) is 4. The van der Waals surface area contributed by atoms with E-state index in [4.69, 9.17) is 4.74 Å². The van der Waals surface area contributed by atoms with Crippen LogP contribution in [-0.2, 0) is 9.53 Å². The molecule has 2 amide bonds. The summed E-state index contributed by atoms with van der Waals surface area (Å²) in [4.78, 5) is 25.5. The number of hydrogen-bond donors (Lipinski definition) is 2. The van der Waals surface area contributed by atoms with Gasteiger partial charge in [-0.05, 0) is 55.4 Å². The summed E-state index contributed by atoms with van der Waals surface area (Å²) in [6.45, 7) is 16.5. The molecule has 0 heterocycles. The summed E-state index contributed by atoms with van der Waals surface area (Å²) < 4.78 is 5.44. The third-order valence-electron chi connectivity index (χ3n) is 2.67. The van der Waals surface area contributed by atoms with Gasteiger partial charge in [0.25, 0.3) is 0 Å². The molecule has 0 aliphatic rings. The molecule has 0 aromatic heterocycles. The van der Waals surface area contributed by atoms with E-state index in [-0.39, 0.29) is 30.1 Å². The highest BCUT2D eigenvalue weighted by atomic mass is 16.6. The Bertz CT molecular complexity index is 368. The second kappa shape index (κ2) is 8.36. The van der Waals surface area contributed by atoms with E-state index in [9.17, 15) is 9.59 Å². The van der Waals surface area contributed by atoms with E-state index in [1.54, 1.807) is 4.90 Å². The van der Waals surface area contributed by atoms with E-state index >= 15 is 0 Å². The minimum Gasteiger partial charge on any atom is -0.444 e. The molecule has 0 fully saturated rings. The highest BCUT2D eigenvalue weighted by molar-refractivity contribution is 5.78. The van der Waals surface area contributed by atoms with Crippen molar-refractivity contribution in [2.75, 3.05) is 19.6 Å². The van der Waals surface area contributed by atoms with Crippen molar-refractivity contribution in [2.24, 2.45) is 0 Å². The van der Waals surface area contributed by atoms with Crippen molar-refractivity contribution in [3.05, 3.63) is 0 Å². The van der Waals surface area contributed by atoms with Gasteiger partial charge in [-0.3, -0.25) is 4.79 Å². The molecule has 0 rings (SSSR count). The van der Waals surface area contributed by atoms with Crippen molar-refractivity contribution in [1.29, 1.82) is 0 Å². The minimum absolute atomic E-state index is 0.0467. The highest BCUT2D eigenvalue weighted by Crippen LogP contribution is 2.17. The molecule has 0 saturated heterocycles. The number of amides is 2. The smallest absolute Gasteiger partial charge is 0.410 e. The maximum Gasteiger partial charge on any atom is 0.410 e. The maximum absolute atomic E-state index is 12.3. The first-order valence-corrected chi connectivity index (χ1v) is 7.83. The third-order valence-corrected chi connectivity index (χ3v) is 2.67. The fourth-order valence-electron chi connectivity index (χ4n) is 1.78. The van der Waals surface area contributed by atoms with Gasteiger partial charge in [-0.15, -0.1) is 0 Å². The first kappa shape index (κ1) is 20.7. The molecule has 22 heavy (non-hydrogen) atoms. The topological polar surface area (TPSA) is 70.7 Å². The number of carbonyl (C=O) groups excluding carboxylic acids is 2. The lowest BCUT2D eigenvalue weighted by Crippen LogP contribution is -2.50. The monoisotopic (exact) mass is 315 g/mol. The summed E-state index contributed by atoms with van der Waals surface area (Å²) in [5.74, 6) is -0.0467. The maximum atomic E-state index is 12.3. The summed E-state index contributed by atoms with van der Waals surface area (Å²) >= 11 is 0. The van der Waals surface area contributed by atoms with Crippen molar-refractivity contribution < 1.29 is 14.3 Å². The summed E-state index contributed by atoms with van der Waals surface area (Å²) in [7, 11) is 0. The van der Waals surface area contributed by atoms with Crippen molar-refractivity contribution in [3.8, 4) is 0 Å². The Balaban J connectivity index is 4.40. The van der Waals surface area contributed by atoms with Gasteiger partial charge in [0.1, 0.15) is 5.60 Å². The average molecular weight is 315 g/mol. The largest absolute Gasteiger partial charge is 0.444 e. The standard InChI is InChI=1S/C16H33N3O3/c1-12(2)18-13(20)11-17-9-10-19(15(3,4)5)14(21)22-16(6,7)8/h12,17H,9-11H2,1-8H3,(H,18,20). The van der Waals surface area contributed by atoms with E-state index in [0.29, 0.717) is 13.1 Å². The molecular formula is C16H33N3O3. The van der Waals surface area contributed by atoms with E-state index < -0.39 is 5.60 Å². The van der Waals surface area contributed by atoms with Crippen LogP contribution in [0.15, 0.2) is 0 Å². The lowest BCUT2D eigenvalue weighted by atomic mass is 10.1. The first-order chi connectivity index (χ1) is 9.83. The predicted molar refractivity (Wildman–Crippen MR) is 88.8 cm³/mol. The molecule has 0 bridgehead atoms. The molecule has 0 unspecified atom stereocenters. The molecule has 6 heteroatoms. The lowest BCUT2D eigenvalue weighted by Gasteiger charge is -2.36. The molecule has 6 nitrogen and oxygen atoms in total. The summed E-state index contributed by atoms with van der Waals surface area (Å²) in [6, 6.07) is 0.127. The van der Waals surface area contributed by atoms with Crippen LogP contribution in [0.4, 0.5) is 4.79 Å². The van der Waals surface area contributed by atoms with Crippen LogP contribution in [0.5, 0.6) is 0 Å². The molecule has 0 aromatic rings. The van der Waals surface area contributed by atoms with Crippen LogP contribution in [0.25, 0.3) is 0 Å². The Morgan fingerprint density at radius 2 is 1.64 bits per heavy atom. The molecule has 0 aromatic carbocycles. The molecule has 2 N–H and O–H groups in total. The van der Waals surface area contributed by atoms with Gasteiger partial charge in [0.2, 0.25) is 5.91 Å². The van der Waals surface area contributed by atoms with E-state index in [2.05, 4.69) is 10.6 Å². The Morgan fingerprint density at radius 3 is 2.05 bits per heavy atom. The van der Waals surface area contributed by atoms with Gasteiger partial charge in [-0.1, -0.05) is 0 Å². The van der Waals surface area contributed by atoms with Crippen molar-refractivity contribution in [3.63, 3.8) is 0 Å². The molecule has 0 spiro atoms. The zero-order valence-electron chi connectivity index (χ0n) is 15.4. The van der Waals surface area contributed by atoms with Crippen molar-refractivity contribution in [1.82, 2.24) is 15.5 Å². The highest BCUT2D eigenvalue weighted by Gasteiger charge is 2.30. The van der Waals surface area contributed by atoms with E-state index in [1.807, 2.05) is 55.4 Å². The lowest BCUT2D eigenvalue weighted by molar-refractivity contribution is -0.120. The summed E-state index contributed by atoms with van der Waals surface area (Å²) in [5, 5.41) is 5.86. The number of ether oxygens (including phenoxy) is 1. The Kier molecular flexibility index (Phi) is 7.87. The molecular weight excluding hydrogens is 282 g/mol. The summed E-state index contributed by atoms with van der Waals surface area (Å²) in [5.41, 5.74) is -0.866. The van der Waals surface area contributed by atoms with Gasteiger partial charge in [0.15, 0.2) is 0 Å². The van der Waals surface area contributed by atoms with Crippen LogP contribution in [0.1, 0.15) is 55.4 Å². The number of nitrogens with zero attached hydrogens (tertiary/aromatic N) is 1. The van der Waals surface area contributed by atoms with Crippen LogP contribution >= 0.6 is 0 Å². The second-order valence-corrected chi connectivity index (χ2v) is 7.70. The van der Waals surface area contributed by atoms with Gasteiger partial charge >= 0.3 is 6.09 Å². The van der Waals surface area contributed by atoms with Crippen LogP contribution in [0.3, 0.4) is 0 Å². The average Bonchev–Trinajstić information content (AvgIpc) is 2.22. The number of rotatable bonds is 6. The van der Waals surface area contributed by atoms with Gasteiger partial charge in [-0.25, -0.2) is 4.79 Å². The Hall–Kier alpha value is -1.30. The van der Waals surface area contributed by atoms with Crippen LogP contribution in [-0.4, -0.2) is 53.7 Å². The van der Waals surface area contributed by atoms with E-state index in [1.165, 1.54) is 0 Å². The molecule has 0 saturated carbocycles. The summed E-state index contributed by atoms with van der Waals surface area (Å²) in [6.07, 6.45) is -0.339.